The molecule has 0 spiro atoms. The lowest BCUT2D eigenvalue weighted by Crippen LogP contribution is -2.41. The van der Waals surface area contributed by atoms with Crippen LogP contribution in [0.25, 0.3) is 0 Å². The zero-order valence-corrected chi connectivity index (χ0v) is 7.45. The minimum atomic E-state index is -0.956. The fourth-order valence-corrected chi connectivity index (χ4v) is 0.717. The van der Waals surface area contributed by atoms with Gasteiger partial charge in [-0.3, -0.25) is 9.59 Å². The van der Waals surface area contributed by atoms with Crippen molar-refractivity contribution < 1.29 is 19.4 Å². The molecule has 0 rings (SSSR count). The van der Waals surface area contributed by atoms with E-state index in [2.05, 4.69) is 5.32 Å². The molecule has 13 heavy (non-hydrogen) atoms. The van der Waals surface area contributed by atoms with Crippen LogP contribution in [0.4, 0.5) is 0 Å². The summed E-state index contributed by atoms with van der Waals surface area (Å²) < 4.78 is 4.73. The summed E-state index contributed by atoms with van der Waals surface area (Å²) >= 11 is 0. The van der Waals surface area contributed by atoms with Crippen LogP contribution >= 0.6 is 0 Å². The normalized spacial score (nSPS) is 12.2. The first-order valence-corrected chi connectivity index (χ1v) is 3.84. The number of rotatable bonds is 6. The van der Waals surface area contributed by atoms with Crippen LogP contribution in [0.3, 0.4) is 0 Å². The van der Waals surface area contributed by atoms with Gasteiger partial charge in [-0.15, -0.1) is 0 Å². The molecular weight excluding hydrogens is 176 g/mol. The molecule has 76 valence electrons. The molecule has 6 nitrogen and oxygen atoms in total. The van der Waals surface area contributed by atoms with Crippen LogP contribution in [0.2, 0.25) is 0 Å². The lowest BCUT2D eigenvalue weighted by molar-refractivity contribution is -0.137. The Morgan fingerprint density at radius 3 is 2.62 bits per heavy atom. The van der Waals surface area contributed by atoms with Gasteiger partial charge in [0.2, 0.25) is 5.91 Å². The number of amides is 1. The summed E-state index contributed by atoms with van der Waals surface area (Å²) in [6, 6.07) is 0. The molecule has 1 atom stereocenters. The van der Waals surface area contributed by atoms with E-state index < -0.39 is 12.1 Å². The molecular formula is C7H14N2O4. The summed E-state index contributed by atoms with van der Waals surface area (Å²) in [5.74, 6) is -1.34. The highest BCUT2D eigenvalue weighted by molar-refractivity contribution is 5.81. The third-order valence-corrected chi connectivity index (χ3v) is 1.43. The van der Waals surface area contributed by atoms with Gasteiger partial charge in [0.1, 0.15) is 6.10 Å². The Labute approximate surface area is 76.0 Å². The molecule has 0 bridgehead atoms. The Hall–Kier alpha value is -1.14. The van der Waals surface area contributed by atoms with E-state index in [9.17, 15) is 9.59 Å². The highest BCUT2D eigenvalue weighted by Gasteiger charge is 2.14. The van der Waals surface area contributed by atoms with Crippen molar-refractivity contribution >= 4 is 11.9 Å². The van der Waals surface area contributed by atoms with E-state index in [1.165, 1.54) is 7.11 Å². The van der Waals surface area contributed by atoms with E-state index >= 15 is 0 Å². The molecule has 0 aromatic heterocycles. The number of carboxylic acid groups (broad SMARTS) is 1. The molecule has 0 saturated heterocycles. The number of carboxylic acids is 1. The molecule has 6 heteroatoms. The smallest absolute Gasteiger partial charge is 0.305 e. The van der Waals surface area contributed by atoms with E-state index in [0.717, 1.165) is 0 Å². The maximum Gasteiger partial charge on any atom is 0.305 e. The topological polar surface area (TPSA) is 102 Å². The monoisotopic (exact) mass is 190 g/mol. The SMILES string of the molecule is COC(CN)C(=O)NCCC(=O)O. The van der Waals surface area contributed by atoms with Gasteiger partial charge < -0.3 is 20.9 Å². The number of nitrogens with one attached hydrogen (secondary N) is 1. The number of carbonyl (C=O) groups is 2. The molecule has 0 fully saturated rings. The Morgan fingerprint density at radius 2 is 2.23 bits per heavy atom. The lowest BCUT2D eigenvalue weighted by Gasteiger charge is -2.11. The van der Waals surface area contributed by atoms with Gasteiger partial charge in [-0.25, -0.2) is 0 Å². The minimum Gasteiger partial charge on any atom is -0.481 e. The Kier molecular flexibility index (Phi) is 5.82. The summed E-state index contributed by atoms with van der Waals surface area (Å²) in [5.41, 5.74) is 5.21. The second-order valence-corrected chi connectivity index (χ2v) is 2.39. The van der Waals surface area contributed by atoms with Crippen molar-refractivity contribution in [3.05, 3.63) is 0 Å². The predicted octanol–water partition coefficient (Wildman–Crippen LogP) is -1.45. The average molecular weight is 190 g/mol. The van der Waals surface area contributed by atoms with E-state index in [1.807, 2.05) is 0 Å². The summed E-state index contributed by atoms with van der Waals surface area (Å²) in [7, 11) is 1.37. The fourth-order valence-electron chi connectivity index (χ4n) is 0.717. The minimum absolute atomic E-state index is 0.0788. The molecule has 0 heterocycles. The summed E-state index contributed by atoms with van der Waals surface area (Å²) in [5, 5.41) is 10.7. The summed E-state index contributed by atoms with van der Waals surface area (Å²) in [4.78, 5) is 21.2. The van der Waals surface area contributed by atoms with Gasteiger partial charge in [0.05, 0.1) is 6.42 Å². The first-order chi connectivity index (χ1) is 6.11. The second-order valence-electron chi connectivity index (χ2n) is 2.39. The van der Waals surface area contributed by atoms with Crippen molar-refractivity contribution in [3.8, 4) is 0 Å². The molecule has 0 aromatic carbocycles. The molecule has 1 unspecified atom stereocenters. The summed E-state index contributed by atoms with van der Waals surface area (Å²) in [6.45, 7) is 0.170. The Balaban J connectivity index is 3.66. The van der Waals surface area contributed by atoms with Crippen molar-refractivity contribution in [3.63, 3.8) is 0 Å². The van der Waals surface area contributed by atoms with Gasteiger partial charge in [-0.1, -0.05) is 0 Å². The average Bonchev–Trinajstić information content (AvgIpc) is 2.05. The van der Waals surface area contributed by atoms with Crippen LogP contribution in [0.1, 0.15) is 6.42 Å². The molecule has 0 aliphatic heterocycles. The third-order valence-electron chi connectivity index (χ3n) is 1.43. The highest BCUT2D eigenvalue weighted by atomic mass is 16.5. The maximum atomic E-state index is 11.1. The van der Waals surface area contributed by atoms with E-state index in [1.54, 1.807) is 0 Å². The van der Waals surface area contributed by atoms with Crippen LogP contribution in [0.15, 0.2) is 0 Å². The van der Waals surface area contributed by atoms with Crippen molar-refractivity contribution in [2.24, 2.45) is 5.73 Å². The Morgan fingerprint density at radius 1 is 1.62 bits per heavy atom. The lowest BCUT2D eigenvalue weighted by atomic mass is 10.3. The summed E-state index contributed by atoms with van der Waals surface area (Å²) in [6.07, 6.45) is -0.805. The highest BCUT2D eigenvalue weighted by Crippen LogP contribution is 1.86. The third kappa shape index (κ3) is 5.15. The molecule has 0 saturated carbocycles. The zero-order chi connectivity index (χ0) is 10.3. The largest absolute Gasteiger partial charge is 0.481 e. The number of aliphatic carboxylic acids is 1. The van der Waals surface area contributed by atoms with Gasteiger partial charge in [-0.05, 0) is 0 Å². The molecule has 0 aromatic rings. The number of carbonyl (C=O) groups excluding carboxylic acids is 1. The van der Waals surface area contributed by atoms with Crippen LogP contribution < -0.4 is 11.1 Å². The first kappa shape index (κ1) is 11.9. The van der Waals surface area contributed by atoms with Gasteiger partial charge in [-0.2, -0.15) is 0 Å². The van der Waals surface area contributed by atoms with E-state index in [0.29, 0.717) is 0 Å². The van der Waals surface area contributed by atoms with E-state index in [4.69, 9.17) is 15.6 Å². The number of hydrogen-bond donors (Lipinski definition) is 3. The van der Waals surface area contributed by atoms with Gasteiger partial charge >= 0.3 is 5.97 Å². The number of methoxy groups -OCH3 is 1. The first-order valence-electron chi connectivity index (χ1n) is 3.84. The Bertz CT molecular complexity index is 179. The molecule has 1 amide bonds. The van der Waals surface area contributed by atoms with Crippen LogP contribution in [0, 0.1) is 0 Å². The second kappa shape index (κ2) is 6.38. The molecule has 4 N–H and O–H groups in total. The molecule has 0 aliphatic rings. The van der Waals surface area contributed by atoms with Crippen molar-refractivity contribution in [1.82, 2.24) is 5.32 Å². The van der Waals surface area contributed by atoms with Crippen molar-refractivity contribution in [2.45, 2.75) is 12.5 Å². The van der Waals surface area contributed by atoms with Gasteiger partial charge in [0.25, 0.3) is 0 Å². The fraction of sp³-hybridized carbons (Fsp3) is 0.714. The standard InChI is InChI=1S/C7H14N2O4/c1-13-5(4-8)7(12)9-3-2-6(10)11/h5H,2-4,8H2,1H3,(H,9,12)(H,10,11). The van der Waals surface area contributed by atoms with Gasteiger partial charge in [0.15, 0.2) is 0 Å². The van der Waals surface area contributed by atoms with Crippen LogP contribution in [-0.4, -0.2) is 43.3 Å². The molecule has 0 aliphatic carbocycles. The number of ether oxygens (including phenoxy) is 1. The number of hydrogen-bond acceptors (Lipinski definition) is 4. The van der Waals surface area contributed by atoms with Crippen LogP contribution in [-0.2, 0) is 14.3 Å². The molecule has 0 radical (unpaired) electrons. The van der Waals surface area contributed by atoms with Gasteiger partial charge in [0, 0.05) is 20.2 Å². The number of nitrogens with two attached hydrogens (primary N) is 1. The van der Waals surface area contributed by atoms with Crippen molar-refractivity contribution in [1.29, 1.82) is 0 Å². The van der Waals surface area contributed by atoms with Crippen LogP contribution in [0.5, 0.6) is 0 Å². The van der Waals surface area contributed by atoms with Crippen molar-refractivity contribution in [2.75, 3.05) is 20.2 Å². The maximum absolute atomic E-state index is 11.1. The predicted molar refractivity (Wildman–Crippen MR) is 45.1 cm³/mol. The quantitative estimate of drug-likeness (QED) is 0.475. The zero-order valence-electron chi connectivity index (χ0n) is 7.45. The van der Waals surface area contributed by atoms with E-state index in [-0.39, 0.29) is 25.4 Å².